The standard InChI is InChI=1S/C24H48O6/c1-2-3-4-5-6-7-8-9-10-11-12-13-14-15-24(26)30-23-22-29-21-20-28-19-18-27-17-16-25/h25H,2-23H2,1H3. The summed E-state index contributed by atoms with van der Waals surface area (Å²) in [6.45, 7) is 5.23. The van der Waals surface area contributed by atoms with Gasteiger partial charge >= 0.3 is 5.97 Å². The highest BCUT2D eigenvalue weighted by Crippen LogP contribution is 2.13. The summed E-state index contributed by atoms with van der Waals surface area (Å²) in [4.78, 5) is 11.7. The molecule has 0 bridgehead atoms. The van der Waals surface area contributed by atoms with Crippen molar-refractivity contribution in [3.63, 3.8) is 0 Å². The van der Waals surface area contributed by atoms with Crippen molar-refractivity contribution in [3.8, 4) is 0 Å². The molecule has 0 unspecified atom stereocenters. The third-order valence-corrected chi connectivity index (χ3v) is 4.95. The van der Waals surface area contributed by atoms with Crippen LogP contribution in [0.3, 0.4) is 0 Å². The van der Waals surface area contributed by atoms with E-state index >= 15 is 0 Å². The minimum atomic E-state index is -0.126. The SMILES string of the molecule is CCCCCCCCCCCCCCCC(=O)OCCOCCOCCOCCO. The molecule has 0 aliphatic rings. The number of carbonyl (C=O) groups excluding carboxylic acids is 1. The van der Waals surface area contributed by atoms with E-state index in [1.54, 1.807) is 0 Å². The maximum absolute atomic E-state index is 11.7. The first-order valence-electron chi connectivity index (χ1n) is 12.3. The first-order chi connectivity index (χ1) is 14.8. The van der Waals surface area contributed by atoms with Gasteiger partial charge in [-0.05, 0) is 6.42 Å². The van der Waals surface area contributed by atoms with E-state index in [2.05, 4.69) is 6.92 Å². The Morgan fingerprint density at radius 3 is 1.43 bits per heavy atom. The molecule has 0 aromatic rings. The number of rotatable bonds is 25. The number of unbranched alkanes of at least 4 members (excludes halogenated alkanes) is 12. The smallest absolute Gasteiger partial charge is 0.305 e. The molecule has 0 saturated heterocycles. The lowest BCUT2D eigenvalue weighted by molar-refractivity contribution is -0.145. The van der Waals surface area contributed by atoms with Gasteiger partial charge in [0.1, 0.15) is 6.61 Å². The average Bonchev–Trinajstić information content (AvgIpc) is 2.75. The van der Waals surface area contributed by atoms with Gasteiger partial charge in [-0.2, -0.15) is 0 Å². The van der Waals surface area contributed by atoms with Crippen LogP contribution in [-0.4, -0.2) is 63.9 Å². The van der Waals surface area contributed by atoms with Crippen LogP contribution in [-0.2, 0) is 23.7 Å². The normalized spacial score (nSPS) is 11.1. The van der Waals surface area contributed by atoms with Gasteiger partial charge in [0.25, 0.3) is 0 Å². The van der Waals surface area contributed by atoms with E-state index in [1.807, 2.05) is 0 Å². The number of aliphatic hydroxyl groups excluding tert-OH is 1. The van der Waals surface area contributed by atoms with Gasteiger partial charge in [-0.1, -0.05) is 84.0 Å². The van der Waals surface area contributed by atoms with Crippen LogP contribution >= 0.6 is 0 Å². The monoisotopic (exact) mass is 432 g/mol. The zero-order valence-corrected chi connectivity index (χ0v) is 19.5. The molecular weight excluding hydrogens is 384 g/mol. The Balaban J connectivity index is 3.13. The molecule has 0 rings (SSSR count). The van der Waals surface area contributed by atoms with Crippen LogP contribution in [0.4, 0.5) is 0 Å². The summed E-state index contributed by atoms with van der Waals surface area (Å²) in [6, 6.07) is 0. The largest absolute Gasteiger partial charge is 0.463 e. The van der Waals surface area contributed by atoms with E-state index < -0.39 is 0 Å². The Morgan fingerprint density at radius 2 is 0.967 bits per heavy atom. The van der Waals surface area contributed by atoms with Crippen molar-refractivity contribution in [2.24, 2.45) is 0 Å². The maximum atomic E-state index is 11.7. The topological polar surface area (TPSA) is 74.2 Å². The van der Waals surface area contributed by atoms with Gasteiger partial charge in [-0.3, -0.25) is 4.79 Å². The number of ether oxygens (including phenoxy) is 4. The third kappa shape index (κ3) is 25.3. The average molecular weight is 433 g/mol. The molecule has 6 heteroatoms. The predicted molar refractivity (Wildman–Crippen MR) is 121 cm³/mol. The van der Waals surface area contributed by atoms with Crippen LogP contribution in [0.1, 0.15) is 96.8 Å². The molecule has 30 heavy (non-hydrogen) atoms. The van der Waals surface area contributed by atoms with Crippen LogP contribution in [0.25, 0.3) is 0 Å². The summed E-state index contributed by atoms with van der Waals surface area (Å²) in [7, 11) is 0. The molecule has 0 amide bonds. The summed E-state index contributed by atoms with van der Waals surface area (Å²) in [6.07, 6.45) is 17.5. The van der Waals surface area contributed by atoms with Crippen LogP contribution in [0.5, 0.6) is 0 Å². The van der Waals surface area contributed by atoms with Crippen molar-refractivity contribution in [1.82, 2.24) is 0 Å². The fourth-order valence-electron chi connectivity index (χ4n) is 3.18. The first kappa shape index (κ1) is 29.3. The molecule has 0 saturated carbocycles. The van der Waals surface area contributed by atoms with E-state index in [9.17, 15) is 4.79 Å². The number of carbonyl (C=O) groups is 1. The maximum Gasteiger partial charge on any atom is 0.305 e. The summed E-state index contributed by atoms with van der Waals surface area (Å²) >= 11 is 0. The van der Waals surface area contributed by atoms with Crippen LogP contribution in [0.2, 0.25) is 0 Å². The predicted octanol–water partition coefficient (Wildman–Crippen LogP) is 5.05. The lowest BCUT2D eigenvalue weighted by atomic mass is 10.0. The highest BCUT2D eigenvalue weighted by Gasteiger charge is 2.02. The number of aliphatic hydroxyl groups is 1. The quantitative estimate of drug-likeness (QED) is 0.161. The van der Waals surface area contributed by atoms with E-state index in [-0.39, 0.29) is 12.6 Å². The molecule has 0 aromatic heterocycles. The molecule has 0 radical (unpaired) electrons. The van der Waals surface area contributed by atoms with Gasteiger partial charge in [0.2, 0.25) is 0 Å². The lowest BCUT2D eigenvalue weighted by Crippen LogP contribution is -2.14. The molecule has 0 aliphatic carbocycles. The molecule has 180 valence electrons. The van der Waals surface area contributed by atoms with E-state index in [1.165, 1.54) is 70.6 Å². The summed E-state index contributed by atoms with van der Waals surface area (Å²) in [5, 5.41) is 8.55. The van der Waals surface area contributed by atoms with Crippen LogP contribution < -0.4 is 0 Å². The Labute approximate surface area is 185 Å². The van der Waals surface area contributed by atoms with Gasteiger partial charge in [-0.25, -0.2) is 0 Å². The number of hydrogen-bond acceptors (Lipinski definition) is 6. The third-order valence-electron chi connectivity index (χ3n) is 4.95. The van der Waals surface area contributed by atoms with Gasteiger partial charge in [0, 0.05) is 6.42 Å². The summed E-state index contributed by atoms with van der Waals surface area (Å²) in [5.74, 6) is -0.126. The zero-order valence-electron chi connectivity index (χ0n) is 19.5. The minimum Gasteiger partial charge on any atom is -0.463 e. The zero-order chi connectivity index (χ0) is 22.0. The minimum absolute atomic E-state index is 0.0290. The Kier molecular flexibility index (Phi) is 25.7. The Morgan fingerprint density at radius 1 is 0.567 bits per heavy atom. The van der Waals surface area contributed by atoms with Crippen molar-refractivity contribution in [2.75, 3.05) is 52.9 Å². The van der Waals surface area contributed by atoms with E-state index in [4.69, 9.17) is 24.1 Å². The number of esters is 1. The van der Waals surface area contributed by atoms with Gasteiger partial charge < -0.3 is 24.1 Å². The highest BCUT2D eigenvalue weighted by atomic mass is 16.6. The molecule has 0 aliphatic heterocycles. The second kappa shape index (κ2) is 26.3. The molecular formula is C24H48O6. The van der Waals surface area contributed by atoms with Crippen molar-refractivity contribution in [1.29, 1.82) is 0 Å². The Hall–Kier alpha value is -0.690. The molecule has 0 fully saturated rings. The van der Waals surface area contributed by atoms with Gasteiger partial charge in [0.05, 0.1) is 46.2 Å². The van der Waals surface area contributed by atoms with Gasteiger partial charge in [0.15, 0.2) is 0 Å². The highest BCUT2D eigenvalue weighted by molar-refractivity contribution is 5.69. The number of hydrogen-bond donors (Lipinski definition) is 1. The van der Waals surface area contributed by atoms with Crippen LogP contribution in [0.15, 0.2) is 0 Å². The first-order valence-corrected chi connectivity index (χ1v) is 12.3. The molecule has 0 spiro atoms. The Bertz CT molecular complexity index is 338. The molecule has 0 atom stereocenters. The van der Waals surface area contributed by atoms with Crippen molar-refractivity contribution in [2.45, 2.75) is 96.8 Å². The summed E-state index contributed by atoms with van der Waals surface area (Å²) < 4.78 is 20.9. The molecule has 6 nitrogen and oxygen atoms in total. The van der Waals surface area contributed by atoms with Crippen molar-refractivity contribution < 1.29 is 28.8 Å². The van der Waals surface area contributed by atoms with Crippen molar-refractivity contribution >= 4 is 5.97 Å². The van der Waals surface area contributed by atoms with Crippen molar-refractivity contribution in [3.05, 3.63) is 0 Å². The van der Waals surface area contributed by atoms with Crippen LogP contribution in [0, 0.1) is 0 Å². The molecule has 0 aromatic carbocycles. The lowest BCUT2D eigenvalue weighted by Gasteiger charge is -2.07. The fraction of sp³-hybridized carbons (Fsp3) is 0.958. The second-order valence-electron chi connectivity index (χ2n) is 7.77. The molecule has 0 heterocycles. The van der Waals surface area contributed by atoms with E-state index in [0.717, 1.165) is 12.8 Å². The van der Waals surface area contributed by atoms with Gasteiger partial charge in [-0.15, -0.1) is 0 Å². The van der Waals surface area contributed by atoms with E-state index in [0.29, 0.717) is 52.7 Å². The second-order valence-corrected chi connectivity index (χ2v) is 7.77. The summed E-state index contributed by atoms with van der Waals surface area (Å²) in [5.41, 5.74) is 0. The fourth-order valence-corrected chi connectivity index (χ4v) is 3.18. The molecule has 1 N–H and O–H groups in total.